The zero-order valence-corrected chi connectivity index (χ0v) is 10.6. The zero-order chi connectivity index (χ0) is 11.4. The molecule has 0 bridgehead atoms. The second-order valence-corrected chi connectivity index (χ2v) is 4.87. The van der Waals surface area contributed by atoms with Gasteiger partial charge in [0.2, 0.25) is 0 Å². The van der Waals surface area contributed by atoms with Crippen molar-refractivity contribution >= 4 is 22.9 Å². The van der Waals surface area contributed by atoms with Crippen LogP contribution in [0.15, 0.2) is 34.3 Å². The van der Waals surface area contributed by atoms with E-state index in [-0.39, 0.29) is 6.04 Å². The molecule has 0 aromatic carbocycles. The van der Waals surface area contributed by atoms with Crippen molar-refractivity contribution in [3.63, 3.8) is 0 Å². The lowest BCUT2D eigenvalue weighted by Crippen LogP contribution is -2.22. The van der Waals surface area contributed by atoms with Gasteiger partial charge in [-0.1, -0.05) is 13.0 Å². The minimum absolute atomic E-state index is 0.145. The Morgan fingerprint density at radius 1 is 1.50 bits per heavy atom. The van der Waals surface area contributed by atoms with Crippen LogP contribution in [0, 0.1) is 0 Å². The number of furan rings is 1. The minimum Gasteiger partial charge on any atom is -0.453 e. The van der Waals surface area contributed by atoms with Crippen LogP contribution in [0.25, 0.3) is 0 Å². The van der Waals surface area contributed by atoms with Crippen molar-refractivity contribution in [3.8, 4) is 0 Å². The first kappa shape index (κ1) is 11.7. The molecule has 0 amide bonds. The third-order valence-corrected chi connectivity index (χ3v) is 3.63. The number of hydrogen-bond acceptors (Lipinski definition) is 3. The number of hydrogen-bond donors (Lipinski definition) is 1. The number of halogens is 1. The summed E-state index contributed by atoms with van der Waals surface area (Å²) in [5.41, 5.74) is 1.01. The molecule has 2 rings (SSSR count). The van der Waals surface area contributed by atoms with Crippen molar-refractivity contribution in [3.05, 3.63) is 45.5 Å². The fraction of sp³-hybridized carbons (Fsp3) is 0.333. The number of rotatable bonds is 5. The van der Waals surface area contributed by atoms with Crippen molar-refractivity contribution < 1.29 is 4.42 Å². The van der Waals surface area contributed by atoms with Crippen LogP contribution in [0.2, 0.25) is 5.22 Å². The van der Waals surface area contributed by atoms with Gasteiger partial charge in [0.15, 0.2) is 5.22 Å². The Labute approximate surface area is 104 Å². The van der Waals surface area contributed by atoms with Gasteiger partial charge in [-0.3, -0.25) is 0 Å². The first-order valence-electron chi connectivity index (χ1n) is 5.32. The summed E-state index contributed by atoms with van der Waals surface area (Å²) in [5.74, 6) is 0. The maximum absolute atomic E-state index is 6.03. The molecule has 2 nitrogen and oxygen atoms in total. The monoisotopic (exact) mass is 255 g/mol. The number of thiophene rings is 1. The van der Waals surface area contributed by atoms with Gasteiger partial charge in [-0.2, -0.15) is 0 Å². The maximum Gasteiger partial charge on any atom is 0.198 e. The van der Waals surface area contributed by atoms with Crippen LogP contribution >= 0.6 is 22.9 Å². The van der Waals surface area contributed by atoms with E-state index >= 15 is 0 Å². The smallest absolute Gasteiger partial charge is 0.198 e. The lowest BCUT2D eigenvalue weighted by Gasteiger charge is -2.15. The summed E-state index contributed by atoms with van der Waals surface area (Å²) in [7, 11) is 0. The molecule has 2 heterocycles. The fourth-order valence-electron chi connectivity index (χ4n) is 1.62. The van der Waals surface area contributed by atoms with Crippen LogP contribution in [0.5, 0.6) is 0 Å². The van der Waals surface area contributed by atoms with Crippen molar-refractivity contribution in [2.75, 3.05) is 6.54 Å². The molecule has 86 valence electrons. The molecule has 1 N–H and O–H groups in total. The summed E-state index contributed by atoms with van der Waals surface area (Å²) < 4.78 is 5.15. The predicted molar refractivity (Wildman–Crippen MR) is 68.2 cm³/mol. The third-order valence-electron chi connectivity index (χ3n) is 2.38. The Morgan fingerprint density at radius 3 is 2.94 bits per heavy atom. The minimum atomic E-state index is 0.145. The molecule has 0 aliphatic rings. The molecule has 2 aromatic rings. The van der Waals surface area contributed by atoms with Gasteiger partial charge in [-0.25, -0.2) is 0 Å². The van der Waals surface area contributed by atoms with Gasteiger partial charge in [0.1, 0.15) is 0 Å². The molecule has 0 spiro atoms. The van der Waals surface area contributed by atoms with Crippen molar-refractivity contribution in [1.82, 2.24) is 5.32 Å². The molecule has 16 heavy (non-hydrogen) atoms. The SMILES string of the molecule is CCCNC(c1cccs1)c1ccoc1Cl. The Morgan fingerprint density at radius 2 is 2.38 bits per heavy atom. The standard InChI is InChI=1S/C12H14ClNOS/c1-2-6-14-11(10-4-3-8-16-10)9-5-7-15-12(9)13/h3-5,7-8,11,14H,2,6H2,1H3. The van der Waals surface area contributed by atoms with Gasteiger partial charge in [-0.15, -0.1) is 11.3 Å². The van der Waals surface area contributed by atoms with E-state index in [1.165, 1.54) is 4.88 Å². The van der Waals surface area contributed by atoms with Gasteiger partial charge in [0, 0.05) is 10.4 Å². The van der Waals surface area contributed by atoms with Crippen LogP contribution in [0.4, 0.5) is 0 Å². The third kappa shape index (κ3) is 2.48. The molecule has 0 fully saturated rings. The van der Waals surface area contributed by atoms with Crippen molar-refractivity contribution in [2.45, 2.75) is 19.4 Å². The summed E-state index contributed by atoms with van der Waals surface area (Å²) in [5, 5.41) is 6.03. The van der Waals surface area contributed by atoms with Gasteiger partial charge in [0.25, 0.3) is 0 Å². The van der Waals surface area contributed by atoms with Crippen LogP contribution < -0.4 is 5.32 Å². The summed E-state index contributed by atoms with van der Waals surface area (Å²) in [6, 6.07) is 6.23. The molecule has 2 aromatic heterocycles. The maximum atomic E-state index is 6.03. The largest absolute Gasteiger partial charge is 0.453 e. The van der Waals surface area contributed by atoms with E-state index in [1.54, 1.807) is 17.6 Å². The Hall–Kier alpha value is -0.770. The first-order chi connectivity index (χ1) is 7.83. The van der Waals surface area contributed by atoms with Gasteiger partial charge in [0.05, 0.1) is 12.3 Å². The van der Waals surface area contributed by atoms with E-state index < -0.39 is 0 Å². The van der Waals surface area contributed by atoms with E-state index in [4.69, 9.17) is 16.0 Å². The molecule has 4 heteroatoms. The molecule has 0 radical (unpaired) electrons. The highest BCUT2D eigenvalue weighted by molar-refractivity contribution is 7.10. The first-order valence-corrected chi connectivity index (χ1v) is 6.58. The summed E-state index contributed by atoms with van der Waals surface area (Å²) in [4.78, 5) is 1.26. The average molecular weight is 256 g/mol. The van der Waals surface area contributed by atoms with E-state index in [0.717, 1.165) is 18.5 Å². The number of nitrogens with one attached hydrogen (secondary N) is 1. The average Bonchev–Trinajstić information content (AvgIpc) is 2.91. The Bertz CT molecular complexity index is 424. The molecule has 1 unspecified atom stereocenters. The van der Waals surface area contributed by atoms with Crippen LogP contribution in [0.1, 0.15) is 29.8 Å². The fourth-order valence-corrected chi connectivity index (χ4v) is 2.66. The van der Waals surface area contributed by atoms with E-state index in [2.05, 4.69) is 29.8 Å². The molecule has 1 atom stereocenters. The second-order valence-electron chi connectivity index (χ2n) is 3.55. The topological polar surface area (TPSA) is 25.2 Å². The van der Waals surface area contributed by atoms with Crippen LogP contribution in [-0.4, -0.2) is 6.54 Å². The lowest BCUT2D eigenvalue weighted by molar-refractivity contribution is 0.552. The highest BCUT2D eigenvalue weighted by atomic mass is 35.5. The zero-order valence-electron chi connectivity index (χ0n) is 9.07. The quantitative estimate of drug-likeness (QED) is 0.871. The second kappa shape index (κ2) is 5.53. The summed E-state index contributed by atoms with van der Waals surface area (Å²) in [6.45, 7) is 3.11. The molecule has 0 aliphatic carbocycles. The Kier molecular flexibility index (Phi) is 4.04. The highest BCUT2D eigenvalue weighted by Gasteiger charge is 2.18. The van der Waals surface area contributed by atoms with Crippen molar-refractivity contribution in [2.24, 2.45) is 0 Å². The molecule has 0 saturated carbocycles. The van der Waals surface area contributed by atoms with E-state index in [9.17, 15) is 0 Å². The van der Waals surface area contributed by atoms with Gasteiger partial charge >= 0.3 is 0 Å². The van der Waals surface area contributed by atoms with Gasteiger partial charge < -0.3 is 9.73 Å². The molecule has 0 aliphatic heterocycles. The lowest BCUT2D eigenvalue weighted by atomic mass is 10.1. The summed E-state index contributed by atoms with van der Waals surface area (Å²) >= 11 is 7.75. The Balaban J connectivity index is 2.25. The van der Waals surface area contributed by atoms with E-state index in [1.807, 2.05) is 6.07 Å². The van der Waals surface area contributed by atoms with Crippen LogP contribution in [-0.2, 0) is 0 Å². The predicted octanol–water partition coefficient (Wildman–Crippen LogP) is 4.08. The molecular formula is C12H14ClNOS. The molecular weight excluding hydrogens is 242 g/mol. The summed E-state index contributed by atoms with van der Waals surface area (Å²) in [6.07, 6.45) is 2.73. The van der Waals surface area contributed by atoms with E-state index in [0.29, 0.717) is 5.22 Å². The van der Waals surface area contributed by atoms with Gasteiger partial charge in [-0.05, 0) is 42.1 Å². The molecule has 0 saturated heterocycles. The highest BCUT2D eigenvalue weighted by Crippen LogP contribution is 2.31. The normalized spacial score (nSPS) is 12.9. The van der Waals surface area contributed by atoms with Crippen LogP contribution in [0.3, 0.4) is 0 Å². The van der Waals surface area contributed by atoms with Crippen molar-refractivity contribution in [1.29, 1.82) is 0 Å².